The molecule has 1 aromatic carbocycles. The van der Waals surface area contributed by atoms with Gasteiger partial charge < -0.3 is 10.0 Å². The minimum absolute atomic E-state index is 0.0481. The fourth-order valence-corrected chi connectivity index (χ4v) is 2.17. The van der Waals surface area contributed by atoms with Crippen molar-refractivity contribution in [3.05, 3.63) is 33.6 Å². The monoisotopic (exact) mass is 277 g/mol. The molecule has 1 aliphatic heterocycles. The van der Waals surface area contributed by atoms with E-state index in [4.69, 9.17) is 28.3 Å². The van der Waals surface area contributed by atoms with Gasteiger partial charge in [-0.3, -0.25) is 4.79 Å². The number of carbonyl (C=O) groups excluding carboxylic acids is 1. The zero-order chi connectivity index (χ0) is 12.6. The van der Waals surface area contributed by atoms with Crippen LogP contribution in [0.25, 0.3) is 0 Å². The van der Waals surface area contributed by atoms with E-state index in [2.05, 4.69) is 0 Å². The van der Waals surface area contributed by atoms with Gasteiger partial charge in [-0.2, -0.15) is 0 Å². The van der Waals surface area contributed by atoms with E-state index in [0.29, 0.717) is 13.1 Å². The number of aliphatic hydroxyl groups is 1. The van der Waals surface area contributed by atoms with Crippen LogP contribution in [0.5, 0.6) is 0 Å². The van der Waals surface area contributed by atoms with E-state index in [9.17, 15) is 9.18 Å². The van der Waals surface area contributed by atoms with Crippen molar-refractivity contribution in [1.29, 1.82) is 0 Å². The minimum Gasteiger partial charge on any atom is -0.396 e. The van der Waals surface area contributed by atoms with Crippen molar-refractivity contribution < 1.29 is 14.3 Å². The van der Waals surface area contributed by atoms with Crippen LogP contribution < -0.4 is 0 Å². The summed E-state index contributed by atoms with van der Waals surface area (Å²) in [6.07, 6.45) is 0. The van der Waals surface area contributed by atoms with E-state index < -0.39 is 5.82 Å². The Morgan fingerprint density at radius 2 is 2.06 bits per heavy atom. The fraction of sp³-hybridized carbons (Fsp3) is 0.364. The molecule has 0 radical (unpaired) electrons. The molecule has 0 bridgehead atoms. The number of amides is 1. The van der Waals surface area contributed by atoms with E-state index in [1.807, 2.05) is 0 Å². The molecule has 0 unspecified atom stereocenters. The highest BCUT2D eigenvalue weighted by molar-refractivity contribution is 6.36. The van der Waals surface area contributed by atoms with E-state index >= 15 is 0 Å². The molecule has 92 valence electrons. The summed E-state index contributed by atoms with van der Waals surface area (Å²) in [4.78, 5) is 13.4. The first kappa shape index (κ1) is 12.6. The SMILES string of the molecule is O=C(c1cc(F)c(Cl)cc1Cl)N1CC(CO)C1. The molecule has 1 N–H and O–H groups in total. The smallest absolute Gasteiger partial charge is 0.255 e. The van der Waals surface area contributed by atoms with Gasteiger partial charge >= 0.3 is 0 Å². The Labute approximate surface area is 108 Å². The summed E-state index contributed by atoms with van der Waals surface area (Å²) in [7, 11) is 0. The molecular weight excluding hydrogens is 268 g/mol. The molecule has 1 fully saturated rings. The van der Waals surface area contributed by atoms with E-state index in [1.165, 1.54) is 11.0 Å². The maximum atomic E-state index is 13.2. The summed E-state index contributed by atoms with van der Waals surface area (Å²) in [5.74, 6) is -0.899. The molecule has 6 heteroatoms. The highest BCUT2D eigenvalue weighted by Crippen LogP contribution is 2.27. The lowest BCUT2D eigenvalue weighted by molar-refractivity contribution is 0.0362. The zero-order valence-corrected chi connectivity index (χ0v) is 10.3. The second-order valence-corrected chi connectivity index (χ2v) is 4.82. The number of likely N-dealkylation sites (tertiary alicyclic amines) is 1. The van der Waals surface area contributed by atoms with Gasteiger partial charge in [0.2, 0.25) is 0 Å². The summed E-state index contributed by atoms with van der Waals surface area (Å²) < 4.78 is 13.2. The second-order valence-electron chi connectivity index (χ2n) is 4.00. The molecule has 17 heavy (non-hydrogen) atoms. The van der Waals surface area contributed by atoms with E-state index in [1.54, 1.807) is 0 Å². The molecule has 3 nitrogen and oxygen atoms in total. The molecule has 0 saturated carbocycles. The molecule has 2 rings (SSSR count). The van der Waals surface area contributed by atoms with Gasteiger partial charge in [-0.15, -0.1) is 0 Å². The van der Waals surface area contributed by atoms with Crippen LogP contribution in [0.1, 0.15) is 10.4 Å². The highest BCUT2D eigenvalue weighted by atomic mass is 35.5. The highest BCUT2D eigenvalue weighted by Gasteiger charge is 2.31. The average Bonchev–Trinajstić information content (AvgIpc) is 2.21. The third-order valence-corrected chi connectivity index (χ3v) is 3.35. The lowest BCUT2D eigenvalue weighted by Gasteiger charge is -2.38. The molecule has 1 heterocycles. The van der Waals surface area contributed by atoms with Crippen molar-refractivity contribution >= 4 is 29.1 Å². The normalized spacial score (nSPS) is 15.9. The lowest BCUT2D eigenvalue weighted by Crippen LogP contribution is -2.51. The minimum atomic E-state index is -0.668. The molecule has 0 aliphatic carbocycles. The Balaban J connectivity index is 2.18. The van der Waals surface area contributed by atoms with Crippen LogP contribution in [0.3, 0.4) is 0 Å². The van der Waals surface area contributed by atoms with E-state index in [0.717, 1.165) is 6.07 Å². The number of benzene rings is 1. The standard InChI is InChI=1S/C11H10Cl2FNO2/c12-8-2-9(13)10(14)1-7(8)11(17)15-3-6(4-15)5-16/h1-2,6,16H,3-5H2. The maximum absolute atomic E-state index is 13.2. The van der Waals surface area contributed by atoms with Gasteiger partial charge in [0.1, 0.15) is 5.82 Å². The first-order chi connectivity index (χ1) is 8.02. The molecule has 0 aromatic heterocycles. The van der Waals surface area contributed by atoms with Crippen LogP contribution in [0, 0.1) is 11.7 Å². The number of rotatable bonds is 2. The van der Waals surface area contributed by atoms with Crippen LogP contribution in [0.4, 0.5) is 4.39 Å². The van der Waals surface area contributed by atoms with E-state index in [-0.39, 0.29) is 34.0 Å². The largest absolute Gasteiger partial charge is 0.396 e. The van der Waals surface area contributed by atoms with Crippen LogP contribution in [-0.2, 0) is 0 Å². The number of halogens is 3. The van der Waals surface area contributed by atoms with Gasteiger partial charge in [-0.1, -0.05) is 23.2 Å². The van der Waals surface area contributed by atoms with Crippen molar-refractivity contribution in [2.45, 2.75) is 0 Å². The third kappa shape index (κ3) is 2.39. The van der Waals surface area contributed by atoms with Crippen molar-refractivity contribution in [1.82, 2.24) is 4.90 Å². The maximum Gasteiger partial charge on any atom is 0.255 e. The molecular formula is C11H10Cl2FNO2. The topological polar surface area (TPSA) is 40.5 Å². The number of hydrogen-bond acceptors (Lipinski definition) is 2. The summed E-state index contributed by atoms with van der Waals surface area (Å²) in [6, 6.07) is 2.26. The summed E-state index contributed by atoms with van der Waals surface area (Å²) >= 11 is 11.4. The third-order valence-electron chi connectivity index (χ3n) is 2.74. The molecule has 1 aromatic rings. The van der Waals surface area contributed by atoms with Crippen molar-refractivity contribution in [2.24, 2.45) is 5.92 Å². The number of aliphatic hydroxyl groups excluding tert-OH is 1. The van der Waals surface area contributed by atoms with Crippen LogP contribution >= 0.6 is 23.2 Å². The number of nitrogens with zero attached hydrogens (tertiary/aromatic N) is 1. The molecule has 1 amide bonds. The van der Waals surface area contributed by atoms with Crippen molar-refractivity contribution in [3.63, 3.8) is 0 Å². The van der Waals surface area contributed by atoms with Crippen molar-refractivity contribution in [3.8, 4) is 0 Å². The predicted octanol–water partition coefficient (Wildman–Crippen LogP) is 2.20. The van der Waals surface area contributed by atoms with Crippen LogP contribution in [-0.4, -0.2) is 35.6 Å². The Kier molecular flexibility index (Phi) is 3.56. The van der Waals surface area contributed by atoms with Gasteiger partial charge in [-0.25, -0.2) is 4.39 Å². The summed E-state index contributed by atoms with van der Waals surface area (Å²) in [6.45, 7) is 0.984. The van der Waals surface area contributed by atoms with Gasteiger partial charge in [0.25, 0.3) is 5.91 Å². The quantitative estimate of drug-likeness (QED) is 0.842. The summed E-state index contributed by atoms with van der Waals surface area (Å²) in [5.41, 5.74) is 0.102. The second kappa shape index (κ2) is 4.80. The molecule has 0 atom stereocenters. The van der Waals surface area contributed by atoms with Gasteiger partial charge in [0, 0.05) is 25.6 Å². The fourth-order valence-electron chi connectivity index (χ4n) is 1.71. The Morgan fingerprint density at radius 3 is 2.65 bits per heavy atom. The lowest BCUT2D eigenvalue weighted by atomic mass is 10.00. The van der Waals surface area contributed by atoms with Gasteiger partial charge in [-0.05, 0) is 12.1 Å². The molecule has 0 spiro atoms. The summed E-state index contributed by atoms with van der Waals surface area (Å²) in [5, 5.41) is 8.87. The number of hydrogen-bond donors (Lipinski definition) is 1. The van der Waals surface area contributed by atoms with Crippen molar-refractivity contribution in [2.75, 3.05) is 19.7 Å². The Hall–Kier alpha value is -0.840. The Bertz CT molecular complexity index is 461. The average molecular weight is 278 g/mol. The predicted molar refractivity (Wildman–Crippen MR) is 62.9 cm³/mol. The molecule has 1 aliphatic rings. The zero-order valence-electron chi connectivity index (χ0n) is 8.79. The first-order valence-electron chi connectivity index (χ1n) is 5.07. The Morgan fingerprint density at radius 1 is 1.41 bits per heavy atom. The number of carbonyl (C=O) groups is 1. The van der Waals surface area contributed by atoms with Gasteiger partial charge in [0.15, 0.2) is 0 Å². The van der Waals surface area contributed by atoms with Gasteiger partial charge in [0.05, 0.1) is 15.6 Å². The first-order valence-corrected chi connectivity index (χ1v) is 5.83. The van der Waals surface area contributed by atoms with Crippen LogP contribution in [0.2, 0.25) is 10.0 Å². The molecule has 1 saturated heterocycles. The van der Waals surface area contributed by atoms with Crippen LogP contribution in [0.15, 0.2) is 12.1 Å².